The second-order valence-corrected chi connectivity index (χ2v) is 4.07. The van der Waals surface area contributed by atoms with Crippen molar-refractivity contribution in [1.29, 1.82) is 5.26 Å². The van der Waals surface area contributed by atoms with Crippen LogP contribution in [0.3, 0.4) is 0 Å². The van der Waals surface area contributed by atoms with Gasteiger partial charge in [-0.1, -0.05) is 0 Å². The van der Waals surface area contributed by atoms with E-state index in [1.165, 1.54) is 0 Å². The van der Waals surface area contributed by atoms with Crippen molar-refractivity contribution in [3.63, 3.8) is 0 Å². The highest BCUT2D eigenvalue weighted by atomic mass is 16.5. The third-order valence-corrected chi connectivity index (χ3v) is 2.87. The van der Waals surface area contributed by atoms with E-state index in [4.69, 9.17) is 10.00 Å². The number of rotatable bonds is 2. The van der Waals surface area contributed by atoms with E-state index < -0.39 is 0 Å². The molecule has 1 fully saturated rings. The molecule has 1 aliphatic heterocycles. The third-order valence-electron chi connectivity index (χ3n) is 2.87. The molecule has 1 heterocycles. The van der Waals surface area contributed by atoms with Gasteiger partial charge in [0.05, 0.1) is 11.6 Å². The minimum Gasteiger partial charge on any atom is -0.381 e. The number of ether oxygens (including phenoxy) is 1. The summed E-state index contributed by atoms with van der Waals surface area (Å²) in [5.41, 5.74) is 1.33. The molecule has 0 spiro atoms. The molecule has 0 bridgehead atoms. The van der Waals surface area contributed by atoms with E-state index in [1.807, 2.05) is 6.07 Å². The maximum absolute atomic E-state index is 11.9. The predicted octanol–water partition coefficient (Wildman–Crippen LogP) is 1.92. The molecule has 1 N–H and O–H groups in total. The van der Waals surface area contributed by atoms with Gasteiger partial charge in [0, 0.05) is 24.8 Å². The van der Waals surface area contributed by atoms with Gasteiger partial charge < -0.3 is 10.1 Å². The Balaban J connectivity index is 1.95. The lowest BCUT2D eigenvalue weighted by Gasteiger charge is -2.21. The SMILES string of the molecule is N#Cc1ccc(NC(=O)C2CCOCC2)cc1. The standard InChI is InChI=1S/C13H14N2O2/c14-9-10-1-3-12(4-2-10)15-13(16)11-5-7-17-8-6-11/h1-4,11H,5-8H2,(H,15,16). The van der Waals surface area contributed by atoms with Crippen molar-refractivity contribution in [2.45, 2.75) is 12.8 Å². The summed E-state index contributed by atoms with van der Waals surface area (Å²) in [6.07, 6.45) is 1.56. The first-order valence-corrected chi connectivity index (χ1v) is 5.68. The Morgan fingerprint density at radius 3 is 2.53 bits per heavy atom. The zero-order valence-electron chi connectivity index (χ0n) is 9.48. The van der Waals surface area contributed by atoms with Crippen LogP contribution in [0.25, 0.3) is 0 Å². The Kier molecular flexibility index (Phi) is 3.73. The summed E-state index contributed by atoms with van der Waals surface area (Å²) < 4.78 is 5.21. The maximum atomic E-state index is 11.9. The molecule has 17 heavy (non-hydrogen) atoms. The number of amides is 1. The monoisotopic (exact) mass is 230 g/mol. The van der Waals surface area contributed by atoms with E-state index >= 15 is 0 Å². The molecule has 1 aliphatic rings. The summed E-state index contributed by atoms with van der Waals surface area (Å²) in [7, 11) is 0. The van der Waals surface area contributed by atoms with E-state index in [0.717, 1.165) is 18.5 Å². The molecule has 88 valence electrons. The number of nitriles is 1. The normalized spacial score (nSPS) is 16.2. The van der Waals surface area contributed by atoms with E-state index in [9.17, 15) is 4.79 Å². The highest BCUT2D eigenvalue weighted by molar-refractivity contribution is 5.92. The van der Waals surface area contributed by atoms with Crippen molar-refractivity contribution in [2.24, 2.45) is 5.92 Å². The lowest BCUT2D eigenvalue weighted by Crippen LogP contribution is -2.28. The Morgan fingerprint density at radius 2 is 1.94 bits per heavy atom. The zero-order valence-corrected chi connectivity index (χ0v) is 9.48. The Labute approximate surface area is 100 Å². The largest absolute Gasteiger partial charge is 0.381 e. The highest BCUT2D eigenvalue weighted by Crippen LogP contribution is 2.17. The van der Waals surface area contributed by atoms with Crippen molar-refractivity contribution < 1.29 is 9.53 Å². The molecule has 0 unspecified atom stereocenters. The molecule has 1 aromatic rings. The predicted molar refractivity (Wildman–Crippen MR) is 63.3 cm³/mol. The molecule has 0 atom stereocenters. The van der Waals surface area contributed by atoms with Crippen LogP contribution < -0.4 is 5.32 Å². The molecule has 1 amide bonds. The average Bonchev–Trinajstić information content (AvgIpc) is 2.40. The summed E-state index contributed by atoms with van der Waals surface area (Å²) in [6, 6.07) is 8.92. The van der Waals surface area contributed by atoms with Crippen molar-refractivity contribution in [3.05, 3.63) is 29.8 Å². The van der Waals surface area contributed by atoms with E-state index in [0.29, 0.717) is 18.8 Å². The first kappa shape index (κ1) is 11.6. The molecule has 2 rings (SSSR count). The zero-order chi connectivity index (χ0) is 12.1. The van der Waals surface area contributed by atoms with Gasteiger partial charge in [0.15, 0.2) is 0 Å². The molecule has 1 saturated heterocycles. The van der Waals surface area contributed by atoms with E-state index in [1.54, 1.807) is 24.3 Å². The van der Waals surface area contributed by atoms with Gasteiger partial charge in [-0.25, -0.2) is 0 Å². The molecule has 0 aliphatic carbocycles. The first-order valence-electron chi connectivity index (χ1n) is 5.68. The van der Waals surface area contributed by atoms with Crippen LogP contribution in [0.15, 0.2) is 24.3 Å². The van der Waals surface area contributed by atoms with Gasteiger partial charge in [-0.2, -0.15) is 5.26 Å². The van der Waals surface area contributed by atoms with Crippen LogP contribution in [-0.4, -0.2) is 19.1 Å². The third kappa shape index (κ3) is 3.05. The van der Waals surface area contributed by atoms with Gasteiger partial charge in [0.25, 0.3) is 0 Å². The van der Waals surface area contributed by atoms with Crippen LogP contribution in [0.4, 0.5) is 5.69 Å². The number of nitrogens with one attached hydrogen (secondary N) is 1. The molecular weight excluding hydrogens is 216 g/mol. The molecule has 0 aromatic heterocycles. The van der Waals surface area contributed by atoms with Crippen molar-refractivity contribution >= 4 is 11.6 Å². The van der Waals surface area contributed by atoms with Gasteiger partial charge in [0.2, 0.25) is 5.91 Å². The number of nitrogens with zero attached hydrogens (tertiary/aromatic N) is 1. The van der Waals surface area contributed by atoms with Crippen molar-refractivity contribution in [2.75, 3.05) is 18.5 Å². The highest BCUT2D eigenvalue weighted by Gasteiger charge is 2.21. The lowest BCUT2D eigenvalue weighted by molar-refractivity contribution is -0.122. The van der Waals surface area contributed by atoms with Gasteiger partial charge >= 0.3 is 0 Å². The molecule has 0 saturated carbocycles. The van der Waals surface area contributed by atoms with Crippen molar-refractivity contribution in [1.82, 2.24) is 0 Å². The Morgan fingerprint density at radius 1 is 1.29 bits per heavy atom. The van der Waals surface area contributed by atoms with Crippen LogP contribution in [0.5, 0.6) is 0 Å². The molecular formula is C13H14N2O2. The van der Waals surface area contributed by atoms with E-state index in [-0.39, 0.29) is 11.8 Å². The van der Waals surface area contributed by atoms with Crippen LogP contribution in [0, 0.1) is 17.2 Å². The van der Waals surface area contributed by atoms with Gasteiger partial charge in [0.1, 0.15) is 0 Å². The minimum absolute atomic E-state index is 0.0398. The summed E-state index contributed by atoms with van der Waals surface area (Å²) in [4.78, 5) is 11.9. The van der Waals surface area contributed by atoms with Gasteiger partial charge in [-0.15, -0.1) is 0 Å². The van der Waals surface area contributed by atoms with Crippen molar-refractivity contribution in [3.8, 4) is 6.07 Å². The number of hydrogen-bond donors (Lipinski definition) is 1. The number of anilines is 1. The fourth-order valence-corrected chi connectivity index (χ4v) is 1.83. The lowest BCUT2D eigenvalue weighted by atomic mass is 9.99. The Bertz CT molecular complexity index is 428. The summed E-state index contributed by atoms with van der Waals surface area (Å²) in [6.45, 7) is 1.32. The van der Waals surface area contributed by atoms with Gasteiger partial charge in [-0.05, 0) is 37.1 Å². The van der Waals surface area contributed by atoms with Gasteiger partial charge in [-0.3, -0.25) is 4.79 Å². The number of hydrogen-bond acceptors (Lipinski definition) is 3. The second kappa shape index (κ2) is 5.46. The summed E-state index contributed by atoms with van der Waals surface area (Å²) in [5, 5.41) is 11.5. The van der Waals surface area contributed by atoms with Crippen LogP contribution in [0.1, 0.15) is 18.4 Å². The van der Waals surface area contributed by atoms with Crippen LogP contribution in [0.2, 0.25) is 0 Å². The van der Waals surface area contributed by atoms with Crippen LogP contribution in [-0.2, 0) is 9.53 Å². The maximum Gasteiger partial charge on any atom is 0.227 e. The summed E-state index contributed by atoms with van der Waals surface area (Å²) in [5.74, 6) is 0.0809. The molecule has 4 heteroatoms. The first-order chi connectivity index (χ1) is 8.29. The van der Waals surface area contributed by atoms with E-state index in [2.05, 4.69) is 5.32 Å². The van der Waals surface area contributed by atoms with Crippen LogP contribution >= 0.6 is 0 Å². The molecule has 4 nitrogen and oxygen atoms in total. The number of benzene rings is 1. The average molecular weight is 230 g/mol. The topological polar surface area (TPSA) is 62.1 Å². The summed E-state index contributed by atoms with van der Waals surface area (Å²) >= 11 is 0. The number of carbonyl (C=O) groups excluding carboxylic acids is 1. The fraction of sp³-hybridized carbons (Fsp3) is 0.385. The Hall–Kier alpha value is -1.86. The quantitative estimate of drug-likeness (QED) is 0.844. The minimum atomic E-state index is 0.0398. The second-order valence-electron chi connectivity index (χ2n) is 4.07. The number of carbonyl (C=O) groups is 1. The molecule has 0 radical (unpaired) electrons. The smallest absolute Gasteiger partial charge is 0.227 e. The molecule has 1 aromatic carbocycles. The fourth-order valence-electron chi connectivity index (χ4n) is 1.83.